The molecule has 0 saturated heterocycles. The van der Waals surface area contributed by atoms with Crippen LogP contribution in [-0.2, 0) is 0 Å². The molecule has 0 atom stereocenters. The van der Waals surface area contributed by atoms with E-state index in [-0.39, 0.29) is 5.56 Å². The van der Waals surface area contributed by atoms with E-state index in [9.17, 15) is 9.59 Å². The van der Waals surface area contributed by atoms with Crippen molar-refractivity contribution in [2.75, 3.05) is 0 Å². The van der Waals surface area contributed by atoms with Crippen LogP contribution in [0, 0.1) is 0 Å². The number of aromatic nitrogens is 3. The van der Waals surface area contributed by atoms with E-state index < -0.39 is 5.97 Å². The van der Waals surface area contributed by atoms with Crippen LogP contribution in [0.3, 0.4) is 0 Å². The smallest absolute Gasteiger partial charge is 0.338 e. The molecule has 0 aliphatic heterocycles. The highest BCUT2D eigenvalue weighted by molar-refractivity contribution is 5.88. The largest absolute Gasteiger partial charge is 0.478 e. The normalized spacial score (nSPS) is 10.3. The van der Waals surface area contributed by atoms with Gasteiger partial charge in [-0.15, -0.1) is 0 Å². The first-order chi connectivity index (χ1) is 6.72. The maximum Gasteiger partial charge on any atom is 0.338 e. The highest BCUT2D eigenvalue weighted by Crippen LogP contribution is 2.06. The van der Waals surface area contributed by atoms with Crippen molar-refractivity contribution in [2.24, 2.45) is 0 Å². The molecule has 0 aliphatic carbocycles. The lowest BCUT2D eigenvalue weighted by Crippen LogP contribution is -2.01. The third kappa shape index (κ3) is 1.13. The fourth-order valence-corrected chi connectivity index (χ4v) is 1.09. The maximum atomic E-state index is 10.6. The van der Waals surface area contributed by atoms with Crippen molar-refractivity contribution in [1.29, 1.82) is 0 Å². The fourth-order valence-electron chi connectivity index (χ4n) is 1.09. The van der Waals surface area contributed by atoms with Gasteiger partial charge in [-0.3, -0.25) is 4.79 Å². The van der Waals surface area contributed by atoms with Gasteiger partial charge in [0, 0.05) is 12.4 Å². The lowest BCUT2D eigenvalue weighted by Gasteiger charge is -1.95. The minimum absolute atomic E-state index is 0.0260. The molecule has 70 valence electrons. The quantitative estimate of drug-likeness (QED) is 0.687. The zero-order valence-corrected chi connectivity index (χ0v) is 6.91. The topological polar surface area (TPSA) is 84.6 Å². The Hall–Kier alpha value is -2.24. The molecule has 0 bridgehead atoms. The molecule has 0 fully saturated rings. The number of hydrogen-bond donors (Lipinski definition) is 1. The van der Waals surface area contributed by atoms with Crippen molar-refractivity contribution in [2.45, 2.75) is 0 Å². The molecule has 0 saturated carbocycles. The lowest BCUT2D eigenvalue weighted by atomic mass is 10.3. The van der Waals surface area contributed by atoms with E-state index in [1.165, 1.54) is 23.1 Å². The van der Waals surface area contributed by atoms with Crippen molar-refractivity contribution < 1.29 is 14.7 Å². The third-order valence-corrected chi connectivity index (χ3v) is 1.76. The van der Waals surface area contributed by atoms with Gasteiger partial charge in [0.05, 0.1) is 17.3 Å². The predicted octanol–water partition coefficient (Wildman–Crippen LogP) is 0.240. The number of carbonyl (C=O) groups excluding carboxylic acids is 1. The number of carboxylic acids is 1. The van der Waals surface area contributed by atoms with Gasteiger partial charge in [-0.25, -0.2) is 14.3 Å². The standard InChI is InChI=1S/C8H5N3O3/c12-4-6-2-10-11-3-5(8(13)14)1-9-7(6)11/h1-4H,(H,13,14). The minimum Gasteiger partial charge on any atom is -0.478 e. The molecular formula is C8H5N3O3. The molecule has 0 unspecified atom stereocenters. The molecule has 6 nitrogen and oxygen atoms in total. The number of aldehydes is 1. The first kappa shape index (κ1) is 8.36. The summed E-state index contributed by atoms with van der Waals surface area (Å²) >= 11 is 0. The minimum atomic E-state index is -1.08. The van der Waals surface area contributed by atoms with Crippen LogP contribution in [0.15, 0.2) is 18.6 Å². The van der Waals surface area contributed by atoms with Gasteiger partial charge >= 0.3 is 5.97 Å². The molecule has 2 aromatic rings. The molecular weight excluding hydrogens is 186 g/mol. The van der Waals surface area contributed by atoms with E-state index >= 15 is 0 Å². The second-order valence-electron chi connectivity index (χ2n) is 2.63. The summed E-state index contributed by atoms with van der Waals surface area (Å²) in [5.74, 6) is -1.08. The molecule has 2 rings (SSSR count). The molecule has 1 N–H and O–H groups in total. The van der Waals surface area contributed by atoms with E-state index in [0.717, 1.165) is 0 Å². The molecule has 0 radical (unpaired) electrons. The summed E-state index contributed by atoms with van der Waals surface area (Å²) in [5, 5.41) is 12.4. The summed E-state index contributed by atoms with van der Waals surface area (Å²) in [6.45, 7) is 0. The van der Waals surface area contributed by atoms with Crippen LogP contribution >= 0.6 is 0 Å². The van der Waals surface area contributed by atoms with E-state index in [1.54, 1.807) is 0 Å². The molecule has 6 heteroatoms. The Morgan fingerprint density at radius 3 is 2.93 bits per heavy atom. The summed E-state index contributed by atoms with van der Waals surface area (Å²) in [6.07, 6.45) is 4.45. The summed E-state index contributed by atoms with van der Waals surface area (Å²) in [4.78, 5) is 24.9. The first-order valence-corrected chi connectivity index (χ1v) is 3.74. The van der Waals surface area contributed by atoms with Crippen molar-refractivity contribution in [3.8, 4) is 0 Å². The van der Waals surface area contributed by atoms with E-state index in [1.807, 2.05) is 0 Å². The van der Waals surface area contributed by atoms with Gasteiger partial charge in [-0.2, -0.15) is 5.10 Å². The maximum absolute atomic E-state index is 10.6. The Labute approximate surface area is 77.8 Å². The zero-order chi connectivity index (χ0) is 10.1. The van der Waals surface area contributed by atoms with Crippen molar-refractivity contribution in [3.05, 3.63) is 29.7 Å². The Morgan fingerprint density at radius 2 is 2.29 bits per heavy atom. The second-order valence-corrected chi connectivity index (χ2v) is 2.63. The molecule has 14 heavy (non-hydrogen) atoms. The van der Waals surface area contributed by atoms with Gasteiger partial charge in [-0.1, -0.05) is 0 Å². The highest BCUT2D eigenvalue weighted by atomic mass is 16.4. The van der Waals surface area contributed by atoms with E-state index in [2.05, 4.69) is 10.1 Å². The Balaban J connectivity index is 2.68. The van der Waals surface area contributed by atoms with Gasteiger partial charge in [0.1, 0.15) is 0 Å². The van der Waals surface area contributed by atoms with Gasteiger partial charge in [0.2, 0.25) is 0 Å². The average molecular weight is 191 g/mol. The van der Waals surface area contributed by atoms with E-state index in [0.29, 0.717) is 17.5 Å². The number of carbonyl (C=O) groups is 2. The predicted molar refractivity (Wildman–Crippen MR) is 45.3 cm³/mol. The SMILES string of the molecule is O=Cc1cnn2cc(C(=O)O)cnc12. The molecule has 0 aromatic carbocycles. The Kier molecular flexibility index (Phi) is 1.74. The average Bonchev–Trinajstić information content (AvgIpc) is 2.59. The second kappa shape index (κ2) is 2.91. The van der Waals surface area contributed by atoms with Gasteiger partial charge in [0.25, 0.3) is 0 Å². The van der Waals surface area contributed by atoms with Crippen LogP contribution in [0.1, 0.15) is 20.7 Å². The molecule has 0 aliphatic rings. The summed E-state index contributed by atoms with van der Waals surface area (Å²) in [7, 11) is 0. The van der Waals surface area contributed by atoms with Crippen molar-refractivity contribution in [1.82, 2.24) is 14.6 Å². The summed E-state index contributed by atoms with van der Waals surface area (Å²) < 4.78 is 1.26. The number of nitrogens with zero attached hydrogens (tertiary/aromatic N) is 3. The van der Waals surface area contributed by atoms with Crippen molar-refractivity contribution in [3.63, 3.8) is 0 Å². The highest BCUT2D eigenvalue weighted by Gasteiger charge is 2.08. The van der Waals surface area contributed by atoms with Crippen LogP contribution in [0.5, 0.6) is 0 Å². The number of fused-ring (bicyclic) bond motifs is 1. The molecule has 0 spiro atoms. The molecule has 2 aromatic heterocycles. The number of hydrogen-bond acceptors (Lipinski definition) is 4. The lowest BCUT2D eigenvalue weighted by molar-refractivity contribution is 0.0695. The van der Waals surface area contributed by atoms with Crippen molar-refractivity contribution >= 4 is 17.9 Å². The first-order valence-electron chi connectivity index (χ1n) is 3.74. The van der Waals surface area contributed by atoms with Crippen LogP contribution in [-0.4, -0.2) is 32.0 Å². The van der Waals surface area contributed by atoms with Crippen LogP contribution in [0.4, 0.5) is 0 Å². The number of aromatic carboxylic acids is 1. The van der Waals surface area contributed by atoms with E-state index in [4.69, 9.17) is 5.11 Å². The van der Waals surface area contributed by atoms with Gasteiger partial charge in [0.15, 0.2) is 11.9 Å². The third-order valence-electron chi connectivity index (χ3n) is 1.76. The number of carboxylic acid groups (broad SMARTS) is 1. The van der Waals surface area contributed by atoms with Gasteiger partial charge in [-0.05, 0) is 0 Å². The Bertz CT molecular complexity index is 518. The molecule has 0 amide bonds. The fraction of sp³-hybridized carbons (Fsp3) is 0. The summed E-state index contributed by atoms with van der Waals surface area (Å²) in [5.41, 5.74) is 0.713. The van der Waals surface area contributed by atoms with Crippen LogP contribution < -0.4 is 0 Å². The van der Waals surface area contributed by atoms with Crippen LogP contribution in [0.25, 0.3) is 5.65 Å². The Morgan fingerprint density at radius 1 is 1.50 bits per heavy atom. The summed E-state index contributed by atoms with van der Waals surface area (Å²) in [6, 6.07) is 0. The monoisotopic (exact) mass is 191 g/mol. The molecule has 2 heterocycles. The van der Waals surface area contributed by atoms with Gasteiger partial charge < -0.3 is 5.11 Å². The van der Waals surface area contributed by atoms with Crippen LogP contribution in [0.2, 0.25) is 0 Å². The number of rotatable bonds is 2. The zero-order valence-electron chi connectivity index (χ0n) is 6.91.